The van der Waals surface area contributed by atoms with E-state index in [4.69, 9.17) is 10.5 Å². The average Bonchev–Trinajstić information content (AvgIpc) is 3.22. The van der Waals surface area contributed by atoms with Gasteiger partial charge in [-0.25, -0.2) is 0 Å². The fourth-order valence-corrected chi connectivity index (χ4v) is 4.03. The number of benzene rings is 2. The summed E-state index contributed by atoms with van der Waals surface area (Å²) < 4.78 is 7.31. The molecule has 0 saturated carbocycles. The van der Waals surface area contributed by atoms with Crippen LogP contribution < -0.4 is 10.5 Å². The van der Waals surface area contributed by atoms with Gasteiger partial charge in [-0.3, -0.25) is 4.79 Å². The lowest BCUT2D eigenvalue weighted by atomic mass is 9.95. The van der Waals surface area contributed by atoms with Crippen molar-refractivity contribution in [3.63, 3.8) is 0 Å². The highest BCUT2D eigenvalue weighted by molar-refractivity contribution is 5.84. The van der Waals surface area contributed by atoms with E-state index >= 15 is 0 Å². The van der Waals surface area contributed by atoms with Crippen molar-refractivity contribution in [3.05, 3.63) is 65.9 Å². The minimum absolute atomic E-state index is 0.0511. The van der Waals surface area contributed by atoms with Gasteiger partial charge < -0.3 is 19.9 Å². The molecule has 0 radical (unpaired) electrons. The van der Waals surface area contributed by atoms with Gasteiger partial charge in [-0.2, -0.15) is 0 Å². The molecule has 0 aliphatic carbocycles. The second-order valence-corrected chi connectivity index (χ2v) is 7.27. The van der Waals surface area contributed by atoms with E-state index in [-0.39, 0.29) is 17.9 Å². The first-order valence-electron chi connectivity index (χ1n) is 9.29. The van der Waals surface area contributed by atoms with Gasteiger partial charge in [0.2, 0.25) is 5.91 Å². The van der Waals surface area contributed by atoms with Crippen LogP contribution in [-0.4, -0.2) is 41.6 Å². The normalized spacial score (nSPS) is 19.6. The molecule has 5 heteroatoms. The predicted molar refractivity (Wildman–Crippen MR) is 107 cm³/mol. The summed E-state index contributed by atoms with van der Waals surface area (Å²) in [6.07, 6.45) is 0. The van der Waals surface area contributed by atoms with Gasteiger partial charge in [0, 0.05) is 36.3 Å². The molecule has 1 amide bonds. The third kappa shape index (κ3) is 3.30. The zero-order valence-corrected chi connectivity index (χ0v) is 15.8. The summed E-state index contributed by atoms with van der Waals surface area (Å²) in [6.45, 7) is 3.64. The minimum atomic E-state index is -0.0511. The average molecular weight is 363 g/mol. The number of nitrogens with zero attached hydrogens (tertiary/aromatic N) is 2. The number of rotatable bonds is 4. The fourth-order valence-electron chi connectivity index (χ4n) is 4.03. The van der Waals surface area contributed by atoms with Gasteiger partial charge in [0.25, 0.3) is 0 Å². The van der Waals surface area contributed by atoms with Crippen LogP contribution >= 0.6 is 0 Å². The summed E-state index contributed by atoms with van der Waals surface area (Å²) in [4.78, 5) is 14.9. The zero-order chi connectivity index (χ0) is 19.0. The Morgan fingerprint density at radius 1 is 1.15 bits per heavy atom. The number of likely N-dealkylation sites (tertiary alicyclic amines) is 1. The van der Waals surface area contributed by atoms with Crippen molar-refractivity contribution in [3.8, 4) is 5.75 Å². The van der Waals surface area contributed by atoms with Crippen LogP contribution in [0.2, 0.25) is 0 Å². The van der Waals surface area contributed by atoms with Crippen LogP contribution in [0.1, 0.15) is 17.2 Å². The fraction of sp³-hybridized carbons (Fsp3) is 0.318. The van der Waals surface area contributed by atoms with Gasteiger partial charge in [-0.05, 0) is 42.1 Å². The molecule has 140 valence electrons. The van der Waals surface area contributed by atoms with E-state index in [1.807, 2.05) is 48.2 Å². The lowest BCUT2D eigenvalue weighted by Gasteiger charge is -2.18. The van der Waals surface area contributed by atoms with Crippen LogP contribution in [0.4, 0.5) is 0 Å². The Balaban J connectivity index is 1.50. The van der Waals surface area contributed by atoms with Crippen molar-refractivity contribution >= 4 is 16.8 Å². The molecule has 2 heterocycles. The Labute approximate surface area is 159 Å². The minimum Gasteiger partial charge on any atom is -0.497 e. The van der Waals surface area contributed by atoms with Crippen molar-refractivity contribution in [1.82, 2.24) is 9.47 Å². The van der Waals surface area contributed by atoms with Gasteiger partial charge >= 0.3 is 0 Å². The summed E-state index contributed by atoms with van der Waals surface area (Å²) in [7, 11) is 1.66. The molecule has 27 heavy (non-hydrogen) atoms. The Hall–Kier alpha value is -2.79. The summed E-state index contributed by atoms with van der Waals surface area (Å²) in [5, 5.41) is 1.16. The number of carbonyl (C=O) groups is 1. The first kappa shape index (κ1) is 17.6. The molecule has 1 aromatic heterocycles. The number of ether oxygens (including phenoxy) is 1. The van der Waals surface area contributed by atoms with Crippen LogP contribution in [-0.2, 0) is 11.3 Å². The van der Waals surface area contributed by atoms with Crippen molar-refractivity contribution in [2.24, 2.45) is 5.73 Å². The molecule has 0 spiro atoms. The van der Waals surface area contributed by atoms with E-state index in [2.05, 4.69) is 22.8 Å². The molecule has 2 N–H and O–H groups in total. The Bertz CT molecular complexity index is 961. The van der Waals surface area contributed by atoms with E-state index in [1.165, 1.54) is 0 Å². The predicted octanol–water partition coefficient (Wildman–Crippen LogP) is 2.91. The number of carbonyl (C=O) groups excluding carboxylic acids is 1. The van der Waals surface area contributed by atoms with Crippen molar-refractivity contribution in [1.29, 1.82) is 0 Å². The Morgan fingerprint density at radius 2 is 1.89 bits per heavy atom. The lowest BCUT2D eigenvalue weighted by molar-refractivity contribution is -0.130. The highest BCUT2D eigenvalue weighted by Crippen LogP contribution is 2.28. The SMILES string of the molecule is COc1ccc([C@@H]2CN(C(=O)Cn3c(C)cc4ccccc43)C[C@H]2N)cc1. The maximum atomic E-state index is 13.0. The first-order chi connectivity index (χ1) is 13.1. The number of hydrogen-bond acceptors (Lipinski definition) is 3. The van der Waals surface area contributed by atoms with E-state index < -0.39 is 0 Å². The van der Waals surface area contributed by atoms with Crippen molar-refractivity contribution < 1.29 is 9.53 Å². The smallest absolute Gasteiger partial charge is 0.242 e. The number of aryl methyl sites for hydroxylation is 1. The Morgan fingerprint density at radius 3 is 2.63 bits per heavy atom. The summed E-state index contributed by atoms with van der Waals surface area (Å²) >= 11 is 0. The van der Waals surface area contributed by atoms with E-state index in [0.29, 0.717) is 19.6 Å². The Kier molecular flexibility index (Phi) is 4.62. The number of hydrogen-bond donors (Lipinski definition) is 1. The largest absolute Gasteiger partial charge is 0.497 e. The molecule has 1 fully saturated rings. The van der Waals surface area contributed by atoms with Gasteiger partial charge in [-0.1, -0.05) is 30.3 Å². The van der Waals surface area contributed by atoms with E-state index in [1.54, 1.807) is 7.11 Å². The number of nitrogens with two attached hydrogens (primary N) is 1. The molecule has 1 aliphatic heterocycles. The topological polar surface area (TPSA) is 60.5 Å². The van der Waals surface area contributed by atoms with E-state index in [0.717, 1.165) is 27.9 Å². The monoisotopic (exact) mass is 363 g/mol. The van der Waals surface area contributed by atoms with Crippen LogP contribution in [0, 0.1) is 6.92 Å². The van der Waals surface area contributed by atoms with Gasteiger partial charge in [0.05, 0.1) is 7.11 Å². The van der Waals surface area contributed by atoms with Gasteiger partial charge in [-0.15, -0.1) is 0 Å². The van der Waals surface area contributed by atoms with Crippen LogP contribution in [0.3, 0.4) is 0 Å². The molecule has 1 saturated heterocycles. The third-order valence-corrected chi connectivity index (χ3v) is 5.57. The molecular formula is C22H25N3O2. The maximum absolute atomic E-state index is 13.0. The van der Waals surface area contributed by atoms with Gasteiger partial charge in [0.1, 0.15) is 12.3 Å². The van der Waals surface area contributed by atoms with Crippen molar-refractivity contribution in [2.45, 2.75) is 25.4 Å². The summed E-state index contributed by atoms with van der Waals surface area (Å²) in [6, 6.07) is 18.2. The molecular weight excluding hydrogens is 338 g/mol. The number of amides is 1. The molecule has 2 atom stereocenters. The molecule has 1 aliphatic rings. The standard InChI is InChI=1S/C22H25N3O2/c1-15-11-17-5-3-4-6-21(17)25(15)14-22(26)24-12-19(20(23)13-24)16-7-9-18(27-2)10-8-16/h3-11,19-20H,12-14,23H2,1-2H3/t19-,20+/m0/s1. The maximum Gasteiger partial charge on any atom is 0.242 e. The third-order valence-electron chi connectivity index (χ3n) is 5.57. The highest BCUT2D eigenvalue weighted by atomic mass is 16.5. The number of aromatic nitrogens is 1. The first-order valence-corrected chi connectivity index (χ1v) is 9.29. The zero-order valence-electron chi connectivity index (χ0n) is 15.8. The molecule has 4 rings (SSSR count). The lowest BCUT2D eigenvalue weighted by Crippen LogP contribution is -2.34. The molecule has 2 aromatic carbocycles. The van der Waals surface area contributed by atoms with Gasteiger partial charge in [0.15, 0.2) is 0 Å². The van der Waals surface area contributed by atoms with Crippen LogP contribution in [0.15, 0.2) is 54.6 Å². The number of fused-ring (bicyclic) bond motifs is 1. The number of methoxy groups -OCH3 is 1. The highest BCUT2D eigenvalue weighted by Gasteiger charge is 2.34. The molecule has 3 aromatic rings. The molecule has 0 unspecified atom stereocenters. The van der Waals surface area contributed by atoms with Crippen LogP contribution in [0.25, 0.3) is 10.9 Å². The molecule has 5 nitrogen and oxygen atoms in total. The summed E-state index contributed by atoms with van der Waals surface area (Å²) in [5.41, 5.74) is 9.72. The van der Waals surface area contributed by atoms with Crippen molar-refractivity contribution in [2.75, 3.05) is 20.2 Å². The molecule has 0 bridgehead atoms. The van der Waals surface area contributed by atoms with Crippen LogP contribution in [0.5, 0.6) is 5.75 Å². The number of para-hydroxylation sites is 1. The summed E-state index contributed by atoms with van der Waals surface area (Å²) in [5.74, 6) is 1.10. The second kappa shape index (κ2) is 7.08. The van der Waals surface area contributed by atoms with E-state index in [9.17, 15) is 4.79 Å². The second-order valence-electron chi connectivity index (χ2n) is 7.27. The quantitative estimate of drug-likeness (QED) is 0.775.